The minimum absolute atomic E-state index is 0.399. The SMILES string of the molecule is C/C=C/[C](=[Cr])O[C@H]1C[C@@H](C)CC[C@@H]1C(C)C.[C-]#[O+].[C-]#[O+].[C-]#[O+].[C-]#[O+].[C-]#[O+]. The Balaban J connectivity index is -0.000000127. The summed E-state index contributed by atoms with van der Waals surface area (Å²) >= 11 is 3.01. The molecule has 1 aliphatic carbocycles. The Labute approximate surface area is 164 Å². The summed E-state index contributed by atoms with van der Waals surface area (Å²) in [5.41, 5.74) is 0. The van der Waals surface area contributed by atoms with E-state index in [1.165, 1.54) is 19.3 Å². The Morgan fingerprint density at radius 1 is 0.962 bits per heavy atom. The van der Waals surface area contributed by atoms with Crippen molar-refractivity contribution in [1.29, 1.82) is 0 Å². The summed E-state index contributed by atoms with van der Waals surface area (Å²) in [7, 11) is 0. The minimum atomic E-state index is 0.399. The van der Waals surface area contributed by atoms with Crippen LogP contribution >= 0.6 is 0 Å². The van der Waals surface area contributed by atoms with Gasteiger partial charge in [-0.2, -0.15) is 0 Å². The van der Waals surface area contributed by atoms with E-state index in [1.807, 2.05) is 19.1 Å². The van der Waals surface area contributed by atoms with Crippen LogP contribution in [-0.2, 0) is 43.8 Å². The fourth-order valence-corrected chi connectivity index (χ4v) is 2.98. The number of rotatable bonds is 4. The van der Waals surface area contributed by atoms with Crippen molar-refractivity contribution in [2.45, 2.75) is 53.1 Å². The Morgan fingerprint density at radius 2 is 1.38 bits per heavy atom. The van der Waals surface area contributed by atoms with Gasteiger partial charge in [0, 0.05) is 0 Å². The van der Waals surface area contributed by atoms with Crippen molar-refractivity contribution >= 4 is 4.57 Å². The molecule has 0 amide bonds. The van der Waals surface area contributed by atoms with Crippen LogP contribution in [0.1, 0.15) is 47.0 Å². The summed E-state index contributed by atoms with van der Waals surface area (Å²) in [6.07, 6.45) is 8.29. The zero-order valence-electron chi connectivity index (χ0n) is 15.4. The topological polar surface area (TPSA) is 109 Å². The van der Waals surface area contributed by atoms with E-state index in [0.29, 0.717) is 12.0 Å². The van der Waals surface area contributed by atoms with Crippen molar-refractivity contribution in [3.8, 4) is 0 Å². The summed E-state index contributed by atoms with van der Waals surface area (Å²) in [6.45, 7) is 31.5. The van der Waals surface area contributed by atoms with Crippen LogP contribution in [0.3, 0.4) is 0 Å². The molecule has 0 aromatic carbocycles. The molecule has 0 aliphatic heterocycles. The quantitative estimate of drug-likeness (QED) is 0.522. The summed E-state index contributed by atoms with van der Waals surface area (Å²) in [4.78, 5) is 0. The van der Waals surface area contributed by atoms with Gasteiger partial charge in [-0.25, -0.2) is 0 Å². The predicted octanol–water partition coefficient (Wildman–Crippen LogP) is 3.53. The van der Waals surface area contributed by atoms with Gasteiger partial charge in [0.15, 0.2) is 0 Å². The second-order valence-corrected chi connectivity index (χ2v) is 5.93. The molecule has 0 unspecified atom stereocenters. The average molecular weight is 400 g/mol. The maximum atomic E-state index is 7.50. The number of hydrogen-bond donors (Lipinski definition) is 0. The molecule has 0 heterocycles. The average Bonchev–Trinajstić information content (AvgIpc) is 2.70. The Morgan fingerprint density at radius 3 is 1.73 bits per heavy atom. The molecule has 6 nitrogen and oxygen atoms in total. The van der Waals surface area contributed by atoms with Crippen molar-refractivity contribution in [1.82, 2.24) is 0 Å². The molecule has 0 bridgehead atoms. The van der Waals surface area contributed by atoms with Gasteiger partial charge < -0.3 is 0 Å². The first kappa shape index (κ1) is 35.8. The standard InChI is InChI=1S/C14H24O.5CO.Cr/c1-5-6-9-15-14-10-12(4)7-8-13(14)11(2)3;5*1-2;/h5-6,11-14H,7-8,10H2,1-4H3;;;;;;/b6-5+;;;;;;/t12-,13+,14-;;;;;;/m0....../s1. The molecule has 0 spiro atoms. The number of allylic oxidation sites excluding steroid dienone is 1. The van der Waals surface area contributed by atoms with Gasteiger partial charge in [-0.1, -0.05) is 0 Å². The zero-order chi connectivity index (χ0) is 22.1. The first-order chi connectivity index (χ1) is 12.5. The second kappa shape index (κ2) is 31.6. The van der Waals surface area contributed by atoms with Crippen LogP contribution in [0.4, 0.5) is 0 Å². The van der Waals surface area contributed by atoms with E-state index in [9.17, 15) is 0 Å². The normalized spacial score (nSPS) is 19.6. The van der Waals surface area contributed by atoms with E-state index < -0.39 is 0 Å². The van der Waals surface area contributed by atoms with Crippen LogP contribution in [0.5, 0.6) is 0 Å². The third-order valence-electron chi connectivity index (χ3n) is 3.53. The van der Waals surface area contributed by atoms with Crippen LogP contribution in [0.2, 0.25) is 0 Å². The van der Waals surface area contributed by atoms with Crippen molar-refractivity contribution in [3.05, 3.63) is 45.4 Å². The molecule has 0 aromatic heterocycles. The van der Waals surface area contributed by atoms with Crippen LogP contribution < -0.4 is 0 Å². The van der Waals surface area contributed by atoms with Crippen molar-refractivity contribution < 1.29 is 43.8 Å². The summed E-state index contributed by atoms with van der Waals surface area (Å²) in [5, 5.41) is 0. The molecule has 26 heavy (non-hydrogen) atoms. The molecule has 1 aliphatic rings. The first-order valence-electron chi connectivity index (χ1n) is 7.40. The van der Waals surface area contributed by atoms with Gasteiger partial charge in [-0.3, -0.25) is 0 Å². The van der Waals surface area contributed by atoms with E-state index in [1.54, 1.807) is 0 Å². The van der Waals surface area contributed by atoms with Crippen LogP contribution in [0.15, 0.2) is 12.2 Å². The molecule has 0 radical (unpaired) electrons. The Bertz CT molecular complexity index is 410. The van der Waals surface area contributed by atoms with E-state index in [0.717, 1.165) is 16.4 Å². The van der Waals surface area contributed by atoms with Crippen molar-refractivity contribution in [3.63, 3.8) is 0 Å². The van der Waals surface area contributed by atoms with Crippen LogP contribution in [0.25, 0.3) is 0 Å². The third kappa shape index (κ3) is 20.8. The van der Waals surface area contributed by atoms with Crippen LogP contribution in [-0.4, -0.2) is 10.7 Å². The molecule has 142 valence electrons. The van der Waals surface area contributed by atoms with Gasteiger partial charge in [-0.15, -0.1) is 0 Å². The van der Waals surface area contributed by atoms with Gasteiger partial charge >= 0.3 is 165 Å². The molecule has 3 atom stereocenters. The molecule has 0 N–H and O–H groups in total. The molecule has 7 heteroatoms. The molecular formula is C19H24CrO6. The summed E-state index contributed by atoms with van der Waals surface area (Å²) < 4.78 is 44.5. The fourth-order valence-electron chi connectivity index (χ4n) is 2.57. The fraction of sp³-hybridized carbons (Fsp3) is 0.579. The maximum absolute atomic E-state index is 7.50. The molecule has 1 rings (SSSR count). The molecule has 0 saturated heterocycles. The Kier molecular flexibility index (Phi) is 43.5. The molecule has 1 saturated carbocycles. The molecule has 0 aromatic rings. The first-order valence-corrected chi connectivity index (χ1v) is 8.03. The van der Waals surface area contributed by atoms with Gasteiger partial charge in [0.05, 0.1) is 0 Å². The van der Waals surface area contributed by atoms with Crippen LogP contribution in [0, 0.1) is 51.0 Å². The zero-order valence-corrected chi connectivity index (χ0v) is 16.7. The van der Waals surface area contributed by atoms with Gasteiger partial charge in [0.1, 0.15) is 0 Å². The van der Waals surface area contributed by atoms with Gasteiger partial charge in [0.25, 0.3) is 0 Å². The molecular weight excluding hydrogens is 376 g/mol. The van der Waals surface area contributed by atoms with Gasteiger partial charge in [-0.05, 0) is 0 Å². The summed E-state index contributed by atoms with van der Waals surface area (Å²) in [5.74, 6) is 2.24. The van der Waals surface area contributed by atoms with E-state index in [-0.39, 0.29) is 0 Å². The summed E-state index contributed by atoms with van der Waals surface area (Å²) in [6, 6.07) is 0. The van der Waals surface area contributed by atoms with Crippen molar-refractivity contribution in [2.75, 3.05) is 0 Å². The third-order valence-corrected chi connectivity index (χ3v) is 3.89. The predicted molar refractivity (Wildman–Crippen MR) is 85.7 cm³/mol. The molecule has 1 fully saturated rings. The van der Waals surface area contributed by atoms with Gasteiger partial charge in [0.2, 0.25) is 0 Å². The number of hydrogen-bond acceptors (Lipinski definition) is 1. The van der Waals surface area contributed by atoms with E-state index in [4.69, 9.17) is 28.0 Å². The van der Waals surface area contributed by atoms with Crippen molar-refractivity contribution in [2.24, 2.45) is 17.8 Å². The Hall–Kier alpha value is -1.20. The second-order valence-electron chi connectivity index (χ2n) is 5.30. The van der Waals surface area contributed by atoms with E-state index >= 15 is 0 Å². The monoisotopic (exact) mass is 400 g/mol. The number of ether oxygens (including phenoxy) is 1. The van der Waals surface area contributed by atoms with E-state index in [2.05, 4.69) is 69.9 Å².